The maximum Gasteiger partial charge on any atom is 0.229 e. The molecule has 0 radical (unpaired) electrons. The number of pyridine rings is 1. The molecule has 114 valence electrons. The fourth-order valence-electron chi connectivity index (χ4n) is 2.82. The second kappa shape index (κ2) is 5.39. The summed E-state index contributed by atoms with van der Waals surface area (Å²) in [5.74, 6) is -0.263. The van der Waals surface area contributed by atoms with Gasteiger partial charge < -0.3 is 5.73 Å². The van der Waals surface area contributed by atoms with E-state index in [0.717, 1.165) is 29.3 Å². The highest BCUT2D eigenvalue weighted by Gasteiger charge is 2.51. The predicted octanol–water partition coefficient (Wildman–Crippen LogP) is 3.90. The predicted molar refractivity (Wildman–Crippen MR) is 92.4 cm³/mol. The molecule has 2 N–H and O–H groups in total. The quantitative estimate of drug-likeness (QED) is 0.793. The molecule has 1 heterocycles. The highest BCUT2D eigenvalue weighted by molar-refractivity contribution is 7.99. The Morgan fingerprint density at radius 2 is 1.78 bits per heavy atom. The van der Waals surface area contributed by atoms with Crippen molar-refractivity contribution in [3.63, 3.8) is 0 Å². The molecule has 1 saturated carbocycles. The van der Waals surface area contributed by atoms with Gasteiger partial charge in [-0.25, -0.2) is 0 Å². The third-order valence-corrected chi connectivity index (χ3v) is 5.38. The van der Waals surface area contributed by atoms with E-state index >= 15 is 0 Å². The minimum absolute atomic E-state index is 0.263. The fourth-order valence-corrected chi connectivity index (χ4v) is 3.71. The molecule has 2 aromatic carbocycles. The van der Waals surface area contributed by atoms with Gasteiger partial charge in [-0.15, -0.1) is 0 Å². The highest BCUT2D eigenvalue weighted by atomic mass is 32.2. The molecule has 1 amide bonds. The van der Waals surface area contributed by atoms with Gasteiger partial charge >= 0.3 is 0 Å². The summed E-state index contributed by atoms with van der Waals surface area (Å²) in [7, 11) is 0. The second-order valence-corrected chi connectivity index (χ2v) is 7.09. The summed E-state index contributed by atoms with van der Waals surface area (Å²) in [5, 5.41) is 2.18. The number of fused-ring (bicyclic) bond motifs is 1. The first-order valence-corrected chi connectivity index (χ1v) is 8.42. The van der Waals surface area contributed by atoms with Gasteiger partial charge in [0.1, 0.15) is 0 Å². The molecule has 1 aliphatic rings. The number of hydrogen-bond donors (Lipinski definition) is 1. The largest absolute Gasteiger partial charge is 0.369 e. The van der Waals surface area contributed by atoms with Crippen molar-refractivity contribution in [3.05, 3.63) is 66.5 Å². The van der Waals surface area contributed by atoms with Crippen LogP contribution in [0.4, 0.5) is 0 Å². The van der Waals surface area contributed by atoms with E-state index in [0.29, 0.717) is 0 Å². The Morgan fingerprint density at radius 1 is 1.00 bits per heavy atom. The Balaban J connectivity index is 1.67. The molecule has 0 spiro atoms. The number of carbonyl (C=O) groups excluding carboxylic acids is 1. The van der Waals surface area contributed by atoms with Gasteiger partial charge in [0, 0.05) is 21.4 Å². The third kappa shape index (κ3) is 2.59. The van der Waals surface area contributed by atoms with Crippen molar-refractivity contribution in [1.29, 1.82) is 0 Å². The smallest absolute Gasteiger partial charge is 0.229 e. The number of primary amides is 1. The van der Waals surface area contributed by atoms with Gasteiger partial charge in [0.2, 0.25) is 5.91 Å². The zero-order valence-corrected chi connectivity index (χ0v) is 13.3. The topological polar surface area (TPSA) is 56.0 Å². The lowest BCUT2D eigenvalue weighted by Crippen LogP contribution is -2.29. The molecule has 0 atom stereocenters. The first kappa shape index (κ1) is 14.3. The van der Waals surface area contributed by atoms with Crippen LogP contribution < -0.4 is 5.73 Å². The highest BCUT2D eigenvalue weighted by Crippen LogP contribution is 2.47. The number of aromatic nitrogens is 1. The minimum Gasteiger partial charge on any atom is -0.369 e. The van der Waals surface area contributed by atoms with Crippen molar-refractivity contribution < 1.29 is 4.79 Å². The van der Waals surface area contributed by atoms with E-state index in [2.05, 4.69) is 35.3 Å². The van der Waals surface area contributed by atoms with Gasteiger partial charge in [-0.05, 0) is 48.6 Å². The average molecular weight is 320 g/mol. The monoisotopic (exact) mass is 320 g/mol. The van der Waals surface area contributed by atoms with E-state index in [1.54, 1.807) is 11.8 Å². The molecule has 0 saturated heterocycles. The lowest BCUT2D eigenvalue weighted by Gasteiger charge is -2.11. The molecule has 1 aliphatic carbocycles. The van der Waals surface area contributed by atoms with Crippen LogP contribution >= 0.6 is 11.8 Å². The van der Waals surface area contributed by atoms with Crippen LogP contribution in [0.15, 0.2) is 70.6 Å². The molecule has 1 aromatic heterocycles. The van der Waals surface area contributed by atoms with Crippen molar-refractivity contribution in [2.45, 2.75) is 28.0 Å². The summed E-state index contributed by atoms with van der Waals surface area (Å²) < 4.78 is 0. The standard InChI is InChI=1S/C19H16N2OS/c20-18(22)19(8-9-19)17-11-13-6-7-16(10-14(13)12-21-17)23-15-4-2-1-3-5-15/h1-7,10-12H,8-9H2,(H2,20,22). The Morgan fingerprint density at radius 3 is 2.48 bits per heavy atom. The summed E-state index contributed by atoms with van der Waals surface area (Å²) >= 11 is 1.73. The van der Waals surface area contributed by atoms with Crippen LogP contribution in [0.25, 0.3) is 10.8 Å². The van der Waals surface area contributed by atoms with E-state index in [-0.39, 0.29) is 5.91 Å². The summed E-state index contributed by atoms with van der Waals surface area (Å²) in [5.41, 5.74) is 5.82. The van der Waals surface area contributed by atoms with Crippen molar-refractivity contribution in [1.82, 2.24) is 4.98 Å². The van der Waals surface area contributed by atoms with Crippen LogP contribution in [0.3, 0.4) is 0 Å². The first-order valence-electron chi connectivity index (χ1n) is 7.60. The number of carbonyl (C=O) groups is 1. The average Bonchev–Trinajstić information content (AvgIpc) is 3.37. The van der Waals surface area contributed by atoms with Crippen LogP contribution in [-0.2, 0) is 10.2 Å². The van der Waals surface area contributed by atoms with Gasteiger partial charge in [0.15, 0.2) is 0 Å². The molecular weight excluding hydrogens is 304 g/mol. The molecule has 3 aromatic rings. The lowest BCUT2D eigenvalue weighted by atomic mass is 9.99. The normalized spacial score (nSPS) is 15.5. The number of benzene rings is 2. The van der Waals surface area contributed by atoms with Crippen LogP contribution in [0, 0.1) is 0 Å². The van der Waals surface area contributed by atoms with Crippen molar-refractivity contribution >= 4 is 28.4 Å². The van der Waals surface area contributed by atoms with Crippen LogP contribution in [-0.4, -0.2) is 10.9 Å². The van der Waals surface area contributed by atoms with Crippen molar-refractivity contribution in [2.24, 2.45) is 5.73 Å². The number of nitrogens with two attached hydrogens (primary N) is 1. The Hall–Kier alpha value is -2.33. The number of nitrogens with zero attached hydrogens (tertiary/aromatic N) is 1. The first-order chi connectivity index (χ1) is 11.2. The summed E-state index contributed by atoms with van der Waals surface area (Å²) in [6.07, 6.45) is 3.47. The number of hydrogen-bond acceptors (Lipinski definition) is 3. The van der Waals surface area contributed by atoms with Gasteiger partial charge in [0.05, 0.1) is 11.1 Å². The van der Waals surface area contributed by atoms with Crippen molar-refractivity contribution in [3.8, 4) is 0 Å². The molecule has 23 heavy (non-hydrogen) atoms. The van der Waals surface area contributed by atoms with Gasteiger partial charge in [-0.1, -0.05) is 36.0 Å². The summed E-state index contributed by atoms with van der Waals surface area (Å²) in [4.78, 5) is 18.5. The van der Waals surface area contributed by atoms with E-state index in [1.807, 2.05) is 30.5 Å². The molecule has 3 nitrogen and oxygen atoms in total. The maximum atomic E-state index is 11.7. The zero-order chi connectivity index (χ0) is 15.9. The molecule has 4 rings (SSSR count). The molecule has 0 bridgehead atoms. The Kier molecular flexibility index (Phi) is 3.34. The fraction of sp³-hybridized carbons (Fsp3) is 0.158. The van der Waals surface area contributed by atoms with Crippen LogP contribution in [0.5, 0.6) is 0 Å². The summed E-state index contributed by atoms with van der Waals surface area (Å²) in [6, 6.07) is 18.6. The Labute approximate surface area is 138 Å². The molecular formula is C19H16N2OS. The maximum absolute atomic E-state index is 11.7. The lowest BCUT2D eigenvalue weighted by molar-refractivity contribution is -0.120. The van der Waals surface area contributed by atoms with Gasteiger partial charge in [0.25, 0.3) is 0 Å². The molecule has 1 fully saturated rings. The zero-order valence-electron chi connectivity index (χ0n) is 12.5. The van der Waals surface area contributed by atoms with Crippen LogP contribution in [0.2, 0.25) is 0 Å². The van der Waals surface area contributed by atoms with Crippen LogP contribution in [0.1, 0.15) is 18.5 Å². The van der Waals surface area contributed by atoms with E-state index < -0.39 is 5.41 Å². The SMILES string of the molecule is NC(=O)C1(c2cc3ccc(Sc4ccccc4)cc3cn2)CC1. The Bertz CT molecular complexity index is 888. The number of amides is 1. The second-order valence-electron chi connectivity index (χ2n) is 5.94. The van der Waals surface area contributed by atoms with E-state index in [4.69, 9.17) is 5.73 Å². The summed E-state index contributed by atoms with van der Waals surface area (Å²) in [6.45, 7) is 0. The van der Waals surface area contributed by atoms with Gasteiger partial charge in [-0.2, -0.15) is 0 Å². The molecule has 0 aliphatic heterocycles. The number of rotatable bonds is 4. The van der Waals surface area contributed by atoms with Crippen molar-refractivity contribution in [2.75, 3.05) is 0 Å². The third-order valence-electron chi connectivity index (χ3n) is 4.38. The van der Waals surface area contributed by atoms with E-state index in [9.17, 15) is 4.79 Å². The molecule has 4 heteroatoms. The van der Waals surface area contributed by atoms with E-state index in [1.165, 1.54) is 9.79 Å². The minimum atomic E-state index is -0.522. The van der Waals surface area contributed by atoms with Gasteiger partial charge in [-0.3, -0.25) is 9.78 Å². The molecule has 0 unspecified atom stereocenters.